The van der Waals surface area contributed by atoms with Crippen LogP contribution in [0.5, 0.6) is 11.5 Å². The number of carbonyl (C=O) groups excluding carboxylic acids is 4. The highest BCUT2D eigenvalue weighted by molar-refractivity contribution is 6.22. The molecule has 6 unspecified atom stereocenters. The quantitative estimate of drug-likeness (QED) is 0.120. The first-order chi connectivity index (χ1) is 29.3. The van der Waals surface area contributed by atoms with Crippen LogP contribution in [0.2, 0.25) is 0 Å². The van der Waals surface area contributed by atoms with E-state index in [0.29, 0.717) is 45.1 Å². The SMILES string of the molecule is Cc1ccc(NN2C(=O)C3CC4C(=CCC5C(=O)N(c6ccc(-c7nc8ccccc8o7)cc6)C(=O)C54)C(c4cc(OC(F)(F)F)ccc4O)C3(c3ccccc3)C2=O)cc1. The summed E-state index contributed by atoms with van der Waals surface area (Å²) in [6.45, 7) is 1.89. The van der Waals surface area contributed by atoms with Crippen molar-refractivity contribution in [1.82, 2.24) is 9.99 Å². The van der Waals surface area contributed by atoms with Gasteiger partial charge in [-0.15, -0.1) is 13.2 Å². The van der Waals surface area contributed by atoms with E-state index in [1.54, 1.807) is 91.0 Å². The molecule has 0 radical (unpaired) electrons. The minimum absolute atomic E-state index is 0.0531. The predicted molar refractivity (Wildman–Crippen MR) is 216 cm³/mol. The fraction of sp³-hybridized carbons (Fsp3) is 0.213. The topological polar surface area (TPSA) is 142 Å². The Morgan fingerprint density at radius 3 is 2.28 bits per heavy atom. The number of imide groups is 2. The zero-order chi connectivity index (χ0) is 42.4. The molecule has 2 aliphatic heterocycles. The number of hydrogen-bond acceptors (Lipinski definition) is 9. The molecular formula is C47H35F3N4O7. The molecule has 2 saturated heterocycles. The first-order valence-electron chi connectivity index (χ1n) is 19.7. The molecule has 2 N–H and O–H groups in total. The second-order valence-corrected chi connectivity index (χ2v) is 15.9. The third kappa shape index (κ3) is 5.99. The molecule has 1 aromatic heterocycles. The van der Waals surface area contributed by atoms with Gasteiger partial charge in [0.25, 0.3) is 11.8 Å². The number of rotatable bonds is 7. The number of para-hydroxylation sites is 2. The number of nitrogens with zero attached hydrogens (tertiary/aromatic N) is 3. The molecule has 61 heavy (non-hydrogen) atoms. The van der Waals surface area contributed by atoms with Crippen molar-refractivity contribution >= 4 is 46.1 Å². The number of hydrogen-bond donors (Lipinski definition) is 2. The number of aryl methyl sites for hydroxylation is 1. The number of phenolic OH excluding ortho intramolecular Hbond substituents is 1. The van der Waals surface area contributed by atoms with Crippen LogP contribution in [0.15, 0.2) is 137 Å². The number of amides is 4. The number of aromatic hydroxyl groups is 1. The van der Waals surface area contributed by atoms with Crippen molar-refractivity contribution < 1.29 is 46.6 Å². The minimum atomic E-state index is -5.09. The molecule has 0 bridgehead atoms. The summed E-state index contributed by atoms with van der Waals surface area (Å²) in [6, 6.07) is 32.5. The van der Waals surface area contributed by atoms with Crippen LogP contribution in [0.1, 0.15) is 35.4 Å². The maximum Gasteiger partial charge on any atom is 0.573 e. The highest BCUT2D eigenvalue weighted by Gasteiger charge is 2.70. The summed E-state index contributed by atoms with van der Waals surface area (Å²) in [4.78, 5) is 65.1. The molecule has 5 aromatic carbocycles. The van der Waals surface area contributed by atoms with E-state index in [1.165, 1.54) is 0 Å². The van der Waals surface area contributed by atoms with Crippen LogP contribution >= 0.6 is 0 Å². The van der Waals surface area contributed by atoms with Gasteiger partial charge in [0.05, 0.1) is 34.5 Å². The third-order valence-electron chi connectivity index (χ3n) is 12.6. The molecule has 14 heteroatoms. The Labute approximate surface area is 346 Å². The van der Waals surface area contributed by atoms with Gasteiger partial charge < -0.3 is 14.3 Å². The summed E-state index contributed by atoms with van der Waals surface area (Å²) in [5.41, 5.74) is 5.46. The monoisotopic (exact) mass is 824 g/mol. The maximum atomic E-state index is 15.4. The standard InChI is InChI=1S/C47H35F3N4O7/c1-25-11-15-28(16-12-25)52-54-43(57)35-24-33-31(40(46(35,45(54)59)27-7-3-2-4-8-27)34-23-30(19-22-37(34)55)61-47(48,49)50)20-21-32-39(33)44(58)53(42(32)56)29-17-13-26(14-18-29)41-51-36-9-5-6-10-38(36)60-41/h2-20,22-23,32-33,35,39-40,52,55H,21,24H2,1H3. The molecule has 4 amide bonds. The summed E-state index contributed by atoms with van der Waals surface area (Å²) in [7, 11) is 0. The van der Waals surface area contributed by atoms with Gasteiger partial charge in [0.1, 0.15) is 17.0 Å². The molecule has 4 aliphatic rings. The van der Waals surface area contributed by atoms with Crippen molar-refractivity contribution in [3.05, 3.63) is 150 Å². The van der Waals surface area contributed by atoms with Crippen molar-refractivity contribution in [1.29, 1.82) is 0 Å². The zero-order valence-corrected chi connectivity index (χ0v) is 32.3. The van der Waals surface area contributed by atoms with Gasteiger partial charge in [0.2, 0.25) is 17.7 Å². The number of ether oxygens (including phenoxy) is 1. The predicted octanol–water partition coefficient (Wildman–Crippen LogP) is 8.60. The van der Waals surface area contributed by atoms with Gasteiger partial charge in [-0.25, -0.2) is 4.98 Å². The van der Waals surface area contributed by atoms with Crippen LogP contribution in [-0.4, -0.2) is 45.1 Å². The number of benzene rings is 5. The lowest BCUT2D eigenvalue weighted by Crippen LogP contribution is -2.53. The lowest BCUT2D eigenvalue weighted by Gasteiger charge is -2.50. The number of anilines is 2. The van der Waals surface area contributed by atoms with Crippen LogP contribution < -0.4 is 15.1 Å². The molecule has 0 spiro atoms. The molecule has 3 fully saturated rings. The fourth-order valence-corrected chi connectivity index (χ4v) is 10.1. The van der Waals surface area contributed by atoms with Crippen LogP contribution in [0.3, 0.4) is 0 Å². The molecule has 3 heterocycles. The van der Waals surface area contributed by atoms with Crippen molar-refractivity contribution in [2.45, 2.75) is 37.5 Å². The van der Waals surface area contributed by atoms with E-state index < -0.39 is 76.5 Å². The molecule has 6 atom stereocenters. The van der Waals surface area contributed by atoms with E-state index in [9.17, 15) is 32.7 Å². The van der Waals surface area contributed by atoms with Gasteiger partial charge in [-0.3, -0.25) is 29.5 Å². The van der Waals surface area contributed by atoms with Gasteiger partial charge in [-0.05, 0) is 98.0 Å². The molecule has 6 aromatic rings. The Morgan fingerprint density at radius 1 is 0.836 bits per heavy atom. The zero-order valence-electron chi connectivity index (χ0n) is 32.3. The molecular weight excluding hydrogens is 790 g/mol. The van der Waals surface area contributed by atoms with E-state index in [4.69, 9.17) is 4.42 Å². The summed E-state index contributed by atoms with van der Waals surface area (Å²) in [6.07, 6.45) is -3.34. The van der Waals surface area contributed by atoms with E-state index in [2.05, 4.69) is 15.1 Å². The minimum Gasteiger partial charge on any atom is -0.508 e. The van der Waals surface area contributed by atoms with Crippen LogP contribution in [0, 0.1) is 30.6 Å². The lowest BCUT2D eigenvalue weighted by atomic mass is 9.49. The highest BCUT2D eigenvalue weighted by atomic mass is 19.4. The van der Waals surface area contributed by atoms with E-state index in [0.717, 1.165) is 33.7 Å². The molecule has 2 aliphatic carbocycles. The molecule has 11 nitrogen and oxygen atoms in total. The maximum absolute atomic E-state index is 15.4. The van der Waals surface area contributed by atoms with E-state index >= 15 is 4.79 Å². The first-order valence-corrected chi connectivity index (χ1v) is 19.7. The number of nitrogens with one attached hydrogen (secondary N) is 1. The largest absolute Gasteiger partial charge is 0.573 e. The van der Waals surface area contributed by atoms with Crippen LogP contribution in [0.4, 0.5) is 24.5 Å². The number of alkyl halides is 3. The van der Waals surface area contributed by atoms with E-state index in [-0.39, 0.29) is 18.4 Å². The summed E-state index contributed by atoms with van der Waals surface area (Å²) >= 11 is 0. The Bertz CT molecular complexity index is 2770. The fourth-order valence-electron chi connectivity index (χ4n) is 10.1. The number of oxazole rings is 1. The van der Waals surface area contributed by atoms with Gasteiger partial charge >= 0.3 is 6.36 Å². The second-order valence-electron chi connectivity index (χ2n) is 15.9. The van der Waals surface area contributed by atoms with Crippen molar-refractivity contribution in [2.75, 3.05) is 10.3 Å². The van der Waals surface area contributed by atoms with Crippen LogP contribution in [-0.2, 0) is 24.6 Å². The van der Waals surface area contributed by atoms with Gasteiger partial charge in [-0.1, -0.05) is 71.8 Å². The number of fused-ring (bicyclic) bond motifs is 5. The third-order valence-corrected chi connectivity index (χ3v) is 12.6. The highest BCUT2D eigenvalue weighted by Crippen LogP contribution is 2.65. The van der Waals surface area contributed by atoms with Crippen molar-refractivity contribution in [3.63, 3.8) is 0 Å². The average Bonchev–Trinajstić information content (AvgIpc) is 3.87. The normalized spacial score (nSPS) is 24.7. The van der Waals surface area contributed by atoms with Crippen molar-refractivity contribution in [3.8, 4) is 23.0 Å². The number of halogens is 3. The molecule has 1 saturated carbocycles. The number of aromatic nitrogens is 1. The van der Waals surface area contributed by atoms with Gasteiger partial charge in [0.15, 0.2) is 5.58 Å². The molecule has 306 valence electrons. The van der Waals surface area contributed by atoms with Crippen molar-refractivity contribution in [2.24, 2.45) is 23.7 Å². The van der Waals surface area contributed by atoms with Gasteiger partial charge in [-0.2, -0.15) is 5.01 Å². The Balaban J connectivity index is 1.09. The number of hydrazine groups is 1. The first kappa shape index (κ1) is 38.0. The summed E-state index contributed by atoms with van der Waals surface area (Å²) in [5.74, 6) is -8.21. The molecule has 10 rings (SSSR count). The second kappa shape index (κ2) is 13.9. The Morgan fingerprint density at radius 2 is 1.56 bits per heavy atom. The smallest absolute Gasteiger partial charge is 0.508 e. The van der Waals surface area contributed by atoms with E-state index in [1.807, 2.05) is 25.1 Å². The average molecular weight is 825 g/mol. The Hall–Kier alpha value is -7.22. The number of allylic oxidation sites excluding steroid dienone is 2. The van der Waals surface area contributed by atoms with Crippen LogP contribution in [0.25, 0.3) is 22.6 Å². The number of phenols is 1. The lowest BCUT2D eigenvalue weighted by molar-refractivity contribution is -0.274. The number of carbonyl (C=O) groups is 4. The Kier molecular flexibility index (Phi) is 8.68. The summed E-state index contributed by atoms with van der Waals surface area (Å²) in [5, 5.41) is 12.6. The summed E-state index contributed by atoms with van der Waals surface area (Å²) < 4.78 is 51.3. The van der Waals surface area contributed by atoms with Gasteiger partial charge in [0, 0.05) is 17.0 Å².